The highest BCUT2D eigenvalue weighted by atomic mass is 19.1. The van der Waals surface area contributed by atoms with Crippen molar-refractivity contribution in [1.82, 2.24) is 9.47 Å². The van der Waals surface area contributed by atoms with Crippen molar-refractivity contribution in [2.75, 3.05) is 13.2 Å². The fourth-order valence-electron chi connectivity index (χ4n) is 4.16. The molecule has 2 aliphatic rings. The van der Waals surface area contributed by atoms with Crippen LogP contribution in [-0.2, 0) is 13.1 Å². The summed E-state index contributed by atoms with van der Waals surface area (Å²) in [5.74, 6) is -0.531. The highest BCUT2D eigenvalue weighted by Crippen LogP contribution is 2.28. The number of hydrogen-bond donors (Lipinski definition) is 1. The maximum Gasteiger partial charge on any atom is 0.274 e. The number of nitrogens with zero attached hydrogens (tertiary/aromatic N) is 2. The van der Waals surface area contributed by atoms with E-state index in [4.69, 9.17) is 4.74 Å². The maximum absolute atomic E-state index is 13.1. The summed E-state index contributed by atoms with van der Waals surface area (Å²) < 4.78 is 20.7. The number of hydrogen-bond acceptors (Lipinski definition) is 4. The first kappa shape index (κ1) is 19.5. The summed E-state index contributed by atoms with van der Waals surface area (Å²) >= 11 is 0. The second-order valence-electron chi connectivity index (χ2n) is 7.86. The van der Waals surface area contributed by atoms with E-state index in [0.717, 1.165) is 18.4 Å². The quantitative estimate of drug-likeness (QED) is 0.836. The summed E-state index contributed by atoms with van der Waals surface area (Å²) in [5.41, 5.74) is 0.121. The Bertz CT molecular complexity index is 949. The van der Waals surface area contributed by atoms with Gasteiger partial charge in [-0.05, 0) is 36.5 Å². The summed E-state index contributed by atoms with van der Waals surface area (Å²) in [6.45, 7) is 1.61. The minimum Gasteiger partial charge on any atom is -0.503 e. The van der Waals surface area contributed by atoms with Crippen LogP contribution in [0.15, 0.2) is 35.1 Å². The first-order chi connectivity index (χ1) is 14.0. The molecule has 0 spiro atoms. The maximum atomic E-state index is 13.1. The van der Waals surface area contributed by atoms with E-state index in [1.807, 2.05) is 0 Å². The zero-order chi connectivity index (χ0) is 20.4. The van der Waals surface area contributed by atoms with Crippen molar-refractivity contribution in [2.45, 2.75) is 45.2 Å². The van der Waals surface area contributed by atoms with Crippen molar-refractivity contribution in [3.05, 3.63) is 57.6 Å². The van der Waals surface area contributed by atoms with Crippen molar-refractivity contribution in [3.63, 3.8) is 0 Å². The van der Waals surface area contributed by atoms with Gasteiger partial charge in [-0.25, -0.2) is 4.39 Å². The minimum atomic E-state index is -0.619. The highest BCUT2D eigenvalue weighted by Gasteiger charge is 2.31. The largest absolute Gasteiger partial charge is 0.503 e. The van der Waals surface area contributed by atoms with Crippen LogP contribution < -0.4 is 10.2 Å². The first-order valence-corrected chi connectivity index (χ1v) is 10.2. The third-order valence-corrected chi connectivity index (χ3v) is 5.81. The molecule has 1 aliphatic carbocycles. The van der Waals surface area contributed by atoms with Gasteiger partial charge in [0.15, 0.2) is 17.3 Å². The van der Waals surface area contributed by atoms with Crippen molar-refractivity contribution in [1.29, 1.82) is 0 Å². The van der Waals surface area contributed by atoms with E-state index in [-0.39, 0.29) is 18.1 Å². The molecule has 0 saturated heterocycles. The number of carbonyl (C=O) groups is 1. The number of rotatable bonds is 5. The summed E-state index contributed by atoms with van der Waals surface area (Å²) in [6.07, 6.45) is 5.86. The molecule has 1 amide bonds. The Morgan fingerprint density at radius 2 is 1.79 bits per heavy atom. The molecule has 2 aromatic rings. The molecule has 0 bridgehead atoms. The number of pyridine rings is 1. The second kappa shape index (κ2) is 8.27. The number of carbonyl (C=O) groups excluding carboxylic acids is 1. The predicted molar refractivity (Wildman–Crippen MR) is 106 cm³/mol. The summed E-state index contributed by atoms with van der Waals surface area (Å²) in [6, 6.07) is 7.19. The third kappa shape index (κ3) is 4.13. The van der Waals surface area contributed by atoms with E-state index in [0.29, 0.717) is 31.5 Å². The van der Waals surface area contributed by atoms with E-state index >= 15 is 0 Å². The lowest BCUT2D eigenvalue weighted by Crippen LogP contribution is -2.41. The number of amides is 1. The summed E-state index contributed by atoms with van der Waals surface area (Å²) in [5, 5.41) is 10.3. The van der Waals surface area contributed by atoms with Crippen LogP contribution in [0.5, 0.6) is 11.6 Å². The van der Waals surface area contributed by atoms with E-state index in [9.17, 15) is 19.1 Å². The molecule has 4 rings (SSSR count). The molecule has 1 aromatic carbocycles. The molecule has 154 valence electrons. The molecule has 1 saturated carbocycles. The normalized spacial score (nSPS) is 17.3. The van der Waals surface area contributed by atoms with Gasteiger partial charge in [-0.1, -0.05) is 31.4 Å². The lowest BCUT2D eigenvalue weighted by Gasteiger charge is -2.32. The second-order valence-corrected chi connectivity index (χ2v) is 7.86. The number of fused-ring (bicyclic) bond motifs is 1. The third-order valence-electron chi connectivity index (χ3n) is 5.81. The zero-order valence-corrected chi connectivity index (χ0v) is 16.3. The van der Waals surface area contributed by atoms with Gasteiger partial charge in [-0.15, -0.1) is 0 Å². The summed E-state index contributed by atoms with van der Waals surface area (Å²) in [4.78, 5) is 26.8. The van der Waals surface area contributed by atoms with E-state index in [2.05, 4.69) is 0 Å². The Labute approximate surface area is 168 Å². The number of aromatic nitrogens is 1. The SMILES string of the molecule is O=C1c2c(O)c(=O)cc(OCC3CCCCC3)n2CCN1Cc1ccc(F)cc1. The molecular formula is C22H25FN2O4. The highest BCUT2D eigenvalue weighted by molar-refractivity contribution is 5.96. The van der Waals surface area contributed by atoms with Gasteiger partial charge in [0, 0.05) is 25.7 Å². The Kier molecular flexibility index (Phi) is 5.56. The van der Waals surface area contributed by atoms with Crippen LogP contribution in [0.4, 0.5) is 4.39 Å². The van der Waals surface area contributed by atoms with Crippen LogP contribution in [0, 0.1) is 11.7 Å². The van der Waals surface area contributed by atoms with Crippen LogP contribution in [0.1, 0.15) is 48.2 Å². The lowest BCUT2D eigenvalue weighted by molar-refractivity contribution is 0.0672. The van der Waals surface area contributed by atoms with Gasteiger partial charge in [0.1, 0.15) is 5.82 Å². The smallest absolute Gasteiger partial charge is 0.274 e. The van der Waals surface area contributed by atoms with Crippen LogP contribution in [0.2, 0.25) is 0 Å². The fourth-order valence-corrected chi connectivity index (χ4v) is 4.16. The Morgan fingerprint density at radius 3 is 2.52 bits per heavy atom. The molecule has 0 radical (unpaired) electrons. The van der Waals surface area contributed by atoms with Gasteiger partial charge in [-0.3, -0.25) is 9.59 Å². The molecule has 7 heteroatoms. The van der Waals surface area contributed by atoms with Crippen LogP contribution in [0.25, 0.3) is 0 Å². The topological polar surface area (TPSA) is 71.8 Å². The van der Waals surface area contributed by atoms with Gasteiger partial charge in [0.05, 0.1) is 6.61 Å². The molecule has 1 aliphatic heterocycles. The lowest BCUT2D eigenvalue weighted by atomic mass is 9.90. The number of benzene rings is 1. The molecule has 6 nitrogen and oxygen atoms in total. The van der Waals surface area contributed by atoms with Crippen LogP contribution in [-0.4, -0.2) is 33.6 Å². The van der Waals surface area contributed by atoms with Crippen LogP contribution >= 0.6 is 0 Å². The van der Waals surface area contributed by atoms with Gasteiger partial charge < -0.3 is 19.3 Å². The Morgan fingerprint density at radius 1 is 1.07 bits per heavy atom. The van der Waals surface area contributed by atoms with E-state index in [1.54, 1.807) is 21.6 Å². The van der Waals surface area contributed by atoms with Crippen LogP contribution in [0.3, 0.4) is 0 Å². The average molecular weight is 400 g/mol. The first-order valence-electron chi connectivity index (χ1n) is 10.2. The van der Waals surface area contributed by atoms with Gasteiger partial charge in [0.2, 0.25) is 5.43 Å². The fraction of sp³-hybridized carbons (Fsp3) is 0.455. The molecule has 1 aromatic heterocycles. The van der Waals surface area contributed by atoms with Gasteiger partial charge in [-0.2, -0.15) is 0 Å². The Hall–Kier alpha value is -2.83. The van der Waals surface area contributed by atoms with Crippen molar-refractivity contribution in [3.8, 4) is 11.6 Å². The van der Waals surface area contributed by atoms with Crippen molar-refractivity contribution >= 4 is 5.91 Å². The molecule has 0 atom stereocenters. The standard InChI is InChI=1S/C22H25FN2O4/c23-17-8-6-15(7-9-17)13-24-10-11-25-19(29-14-16-4-2-1-3-5-16)12-18(26)21(27)20(25)22(24)28/h6-9,12,16,27H,1-5,10-11,13-14H2. The average Bonchev–Trinajstić information content (AvgIpc) is 2.73. The minimum absolute atomic E-state index is 0.0375. The monoisotopic (exact) mass is 400 g/mol. The molecule has 2 heterocycles. The molecule has 1 N–H and O–H groups in total. The molecular weight excluding hydrogens is 375 g/mol. The number of aromatic hydroxyl groups is 1. The molecule has 1 fully saturated rings. The van der Waals surface area contributed by atoms with E-state index < -0.39 is 17.1 Å². The number of halogens is 1. The Balaban J connectivity index is 1.56. The van der Waals surface area contributed by atoms with Crippen molar-refractivity contribution in [2.24, 2.45) is 5.92 Å². The van der Waals surface area contributed by atoms with Crippen molar-refractivity contribution < 1.29 is 19.0 Å². The van der Waals surface area contributed by atoms with Gasteiger partial charge in [0.25, 0.3) is 5.91 Å². The predicted octanol–water partition coefficient (Wildman–Crippen LogP) is 3.31. The summed E-state index contributed by atoms with van der Waals surface area (Å²) in [7, 11) is 0. The molecule has 0 unspecified atom stereocenters. The van der Waals surface area contributed by atoms with Gasteiger partial charge >= 0.3 is 0 Å². The molecule has 29 heavy (non-hydrogen) atoms. The van der Waals surface area contributed by atoms with E-state index in [1.165, 1.54) is 37.5 Å². The number of ether oxygens (including phenoxy) is 1. The zero-order valence-electron chi connectivity index (χ0n) is 16.3.